The van der Waals surface area contributed by atoms with Crippen molar-refractivity contribution >= 4 is 17.0 Å². The van der Waals surface area contributed by atoms with E-state index >= 15 is 0 Å². The van der Waals surface area contributed by atoms with Crippen molar-refractivity contribution in [2.24, 2.45) is 0 Å². The molecule has 0 aliphatic heterocycles. The van der Waals surface area contributed by atoms with Crippen LogP contribution in [0.4, 0.5) is 5.95 Å². The molecule has 1 aromatic carbocycles. The second-order valence-corrected chi connectivity index (χ2v) is 3.51. The average Bonchev–Trinajstić information content (AvgIpc) is 2.81. The molecule has 16 heavy (non-hydrogen) atoms. The first-order valence-electron chi connectivity index (χ1n) is 4.88. The van der Waals surface area contributed by atoms with E-state index in [1.54, 1.807) is 6.92 Å². The van der Waals surface area contributed by atoms with E-state index in [9.17, 15) is 0 Å². The van der Waals surface area contributed by atoms with Crippen LogP contribution in [-0.4, -0.2) is 24.7 Å². The lowest BCUT2D eigenvalue weighted by Crippen LogP contribution is -2.03. The molecule has 0 fully saturated rings. The van der Waals surface area contributed by atoms with Crippen LogP contribution in [0.2, 0.25) is 0 Å². The van der Waals surface area contributed by atoms with E-state index in [1.807, 2.05) is 24.3 Å². The van der Waals surface area contributed by atoms with Crippen molar-refractivity contribution in [3.63, 3.8) is 0 Å². The van der Waals surface area contributed by atoms with Crippen LogP contribution in [0, 0.1) is 6.92 Å². The first kappa shape index (κ1) is 8.90. The zero-order valence-electron chi connectivity index (χ0n) is 8.68. The van der Waals surface area contributed by atoms with Gasteiger partial charge in [-0.15, -0.1) is 5.10 Å². The normalized spacial score (nSPS) is 11.1. The predicted molar refractivity (Wildman–Crippen MR) is 60.2 cm³/mol. The number of nitrogens with zero attached hydrogens (tertiary/aromatic N) is 4. The lowest BCUT2D eigenvalue weighted by Gasteiger charge is -1.94. The van der Waals surface area contributed by atoms with Crippen LogP contribution in [0.25, 0.3) is 17.0 Å². The molecule has 0 amide bonds. The number of anilines is 1. The van der Waals surface area contributed by atoms with Crippen molar-refractivity contribution in [2.75, 3.05) is 5.73 Å². The summed E-state index contributed by atoms with van der Waals surface area (Å²) < 4.78 is 1.50. The van der Waals surface area contributed by atoms with E-state index in [2.05, 4.69) is 20.1 Å². The quantitative estimate of drug-likeness (QED) is 0.633. The minimum atomic E-state index is 0.330. The SMILES string of the molecule is Cc1nc(N)n(-c2nc3ccccc3[nH]2)n1. The van der Waals surface area contributed by atoms with Crippen LogP contribution >= 0.6 is 0 Å². The molecule has 0 spiro atoms. The van der Waals surface area contributed by atoms with Crippen molar-refractivity contribution in [2.45, 2.75) is 6.92 Å². The summed E-state index contributed by atoms with van der Waals surface area (Å²) >= 11 is 0. The Morgan fingerprint density at radius 1 is 1.25 bits per heavy atom. The Balaban J connectivity index is 2.22. The number of fused-ring (bicyclic) bond motifs is 1. The molecule has 3 N–H and O–H groups in total. The van der Waals surface area contributed by atoms with Crippen LogP contribution in [0.15, 0.2) is 24.3 Å². The Labute approximate surface area is 91.1 Å². The smallest absolute Gasteiger partial charge is 0.232 e. The number of nitrogens with one attached hydrogen (secondary N) is 1. The summed E-state index contributed by atoms with van der Waals surface area (Å²) in [5.41, 5.74) is 7.55. The van der Waals surface area contributed by atoms with Crippen LogP contribution in [0.3, 0.4) is 0 Å². The molecular formula is C10H10N6. The van der Waals surface area contributed by atoms with E-state index in [0.717, 1.165) is 11.0 Å². The fourth-order valence-electron chi connectivity index (χ4n) is 1.63. The monoisotopic (exact) mass is 214 g/mol. The molecule has 0 bridgehead atoms. The van der Waals surface area contributed by atoms with Gasteiger partial charge in [-0.3, -0.25) is 0 Å². The third-order valence-corrected chi connectivity index (χ3v) is 2.32. The Morgan fingerprint density at radius 3 is 2.75 bits per heavy atom. The van der Waals surface area contributed by atoms with Gasteiger partial charge in [0.1, 0.15) is 5.82 Å². The van der Waals surface area contributed by atoms with E-state index < -0.39 is 0 Å². The number of aromatic amines is 1. The minimum Gasteiger partial charge on any atom is -0.368 e. The van der Waals surface area contributed by atoms with Gasteiger partial charge in [-0.2, -0.15) is 9.67 Å². The first-order chi connectivity index (χ1) is 7.74. The fraction of sp³-hybridized carbons (Fsp3) is 0.100. The third-order valence-electron chi connectivity index (χ3n) is 2.32. The molecule has 0 aliphatic rings. The number of para-hydroxylation sites is 2. The molecular weight excluding hydrogens is 204 g/mol. The third kappa shape index (κ3) is 1.23. The van der Waals surface area contributed by atoms with Gasteiger partial charge in [0.25, 0.3) is 0 Å². The minimum absolute atomic E-state index is 0.330. The number of hydrogen-bond donors (Lipinski definition) is 2. The molecule has 0 unspecified atom stereocenters. The number of H-pyrrole nitrogens is 1. The number of nitrogens with two attached hydrogens (primary N) is 1. The summed E-state index contributed by atoms with van der Waals surface area (Å²) in [6.45, 7) is 1.79. The molecule has 0 saturated carbocycles. The Kier molecular flexibility index (Phi) is 1.70. The van der Waals surface area contributed by atoms with Gasteiger partial charge in [0.05, 0.1) is 11.0 Å². The molecule has 6 nitrogen and oxygen atoms in total. The van der Waals surface area contributed by atoms with Crippen molar-refractivity contribution < 1.29 is 0 Å². The summed E-state index contributed by atoms with van der Waals surface area (Å²) in [7, 11) is 0. The molecule has 6 heteroatoms. The van der Waals surface area contributed by atoms with Gasteiger partial charge in [0.2, 0.25) is 11.9 Å². The number of imidazole rings is 1. The molecule has 3 rings (SSSR count). The lowest BCUT2D eigenvalue weighted by atomic mass is 10.3. The topological polar surface area (TPSA) is 85.4 Å². The van der Waals surface area contributed by atoms with Gasteiger partial charge in [-0.1, -0.05) is 12.1 Å². The van der Waals surface area contributed by atoms with Gasteiger partial charge < -0.3 is 10.7 Å². The summed E-state index contributed by atoms with van der Waals surface area (Å²) in [5.74, 6) is 1.54. The maximum absolute atomic E-state index is 5.72. The molecule has 80 valence electrons. The molecule has 0 atom stereocenters. The van der Waals surface area contributed by atoms with Crippen LogP contribution in [-0.2, 0) is 0 Å². The number of nitrogen functional groups attached to an aromatic ring is 1. The Morgan fingerprint density at radius 2 is 2.06 bits per heavy atom. The zero-order valence-corrected chi connectivity index (χ0v) is 8.68. The predicted octanol–water partition coefficient (Wildman–Crippen LogP) is 1.03. The van der Waals surface area contributed by atoms with Crippen molar-refractivity contribution in [3.05, 3.63) is 30.1 Å². The van der Waals surface area contributed by atoms with Crippen LogP contribution in [0.1, 0.15) is 5.82 Å². The molecule has 0 radical (unpaired) electrons. The fourth-order valence-corrected chi connectivity index (χ4v) is 1.63. The highest BCUT2D eigenvalue weighted by molar-refractivity contribution is 5.76. The number of rotatable bonds is 1. The van der Waals surface area contributed by atoms with Crippen molar-refractivity contribution in [1.29, 1.82) is 0 Å². The molecule has 3 aromatic rings. The van der Waals surface area contributed by atoms with Crippen molar-refractivity contribution in [1.82, 2.24) is 24.7 Å². The number of benzene rings is 1. The summed E-state index contributed by atoms with van der Waals surface area (Å²) in [5, 5.41) is 4.16. The Bertz CT molecular complexity index is 617. The maximum Gasteiger partial charge on any atom is 0.232 e. The summed E-state index contributed by atoms with van der Waals surface area (Å²) in [6.07, 6.45) is 0. The lowest BCUT2D eigenvalue weighted by molar-refractivity contribution is 0.825. The summed E-state index contributed by atoms with van der Waals surface area (Å²) in [4.78, 5) is 11.5. The second kappa shape index (κ2) is 3.06. The van der Waals surface area contributed by atoms with Gasteiger partial charge in [-0.25, -0.2) is 4.98 Å². The number of aromatic nitrogens is 5. The van der Waals surface area contributed by atoms with E-state index in [-0.39, 0.29) is 0 Å². The highest BCUT2D eigenvalue weighted by Gasteiger charge is 2.09. The van der Waals surface area contributed by atoms with Crippen molar-refractivity contribution in [3.8, 4) is 5.95 Å². The second-order valence-electron chi connectivity index (χ2n) is 3.51. The summed E-state index contributed by atoms with van der Waals surface area (Å²) in [6, 6.07) is 7.75. The molecule has 2 heterocycles. The molecule has 0 saturated heterocycles. The molecule has 0 aliphatic carbocycles. The van der Waals surface area contributed by atoms with Gasteiger partial charge in [0, 0.05) is 0 Å². The van der Waals surface area contributed by atoms with E-state index in [0.29, 0.717) is 17.7 Å². The number of hydrogen-bond acceptors (Lipinski definition) is 4. The van der Waals surface area contributed by atoms with Gasteiger partial charge in [-0.05, 0) is 19.1 Å². The first-order valence-corrected chi connectivity index (χ1v) is 4.88. The van der Waals surface area contributed by atoms with Crippen LogP contribution in [0.5, 0.6) is 0 Å². The standard InChI is InChI=1S/C10H10N6/c1-6-12-9(11)16(15-6)10-13-7-4-2-3-5-8(7)14-10/h2-5H,1H3,(H,13,14)(H2,11,12,15). The van der Waals surface area contributed by atoms with E-state index in [1.165, 1.54) is 4.68 Å². The molecule has 2 aromatic heterocycles. The van der Waals surface area contributed by atoms with Gasteiger partial charge in [0.15, 0.2) is 0 Å². The highest BCUT2D eigenvalue weighted by atomic mass is 15.4. The zero-order chi connectivity index (χ0) is 11.1. The highest BCUT2D eigenvalue weighted by Crippen LogP contribution is 2.14. The maximum atomic E-state index is 5.72. The average molecular weight is 214 g/mol. The van der Waals surface area contributed by atoms with Crippen LogP contribution < -0.4 is 5.73 Å². The number of aryl methyl sites for hydroxylation is 1. The Hall–Kier alpha value is -2.37. The van der Waals surface area contributed by atoms with Gasteiger partial charge >= 0.3 is 0 Å². The van der Waals surface area contributed by atoms with E-state index in [4.69, 9.17) is 5.73 Å². The largest absolute Gasteiger partial charge is 0.368 e.